The number of rotatable bonds is 6. The number of ketones is 2. The highest BCUT2D eigenvalue weighted by molar-refractivity contribution is 6.01. The van der Waals surface area contributed by atoms with Crippen LogP contribution < -0.4 is 10.5 Å². The Hall–Kier alpha value is -2.55. The van der Waals surface area contributed by atoms with Crippen LogP contribution in [0.15, 0.2) is 42.0 Å². The van der Waals surface area contributed by atoms with E-state index in [1.165, 1.54) is 18.2 Å². The fraction of sp³-hybridized carbons (Fsp3) is 0.613. The molecule has 39 heavy (non-hydrogen) atoms. The molecule has 0 bridgehead atoms. The second kappa shape index (κ2) is 9.25. The molecule has 1 aromatic rings. The van der Waals surface area contributed by atoms with Gasteiger partial charge in [0.05, 0.1) is 17.9 Å². The number of aliphatic hydroxyl groups excluding tert-OH is 1. The summed E-state index contributed by atoms with van der Waals surface area (Å²) in [6.07, 6.45) is 7.86. The van der Waals surface area contributed by atoms with Gasteiger partial charge in [-0.05, 0) is 68.2 Å². The Balaban J connectivity index is 1.34. The minimum atomic E-state index is -1.27. The lowest BCUT2D eigenvalue weighted by atomic mass is 9.46. The first kappa shape index (κ1) is 26.7. The molecule has 5 aliphatic rings. The van der Waals surface area contributed by atoms with Crippen molar-refractivity contribution in [2.24, 2.45) is 28.6 Å². The highest BCUT2D eigenvalue weighted by Crippen LogP contribution is 2.69. The second-order valence-electron chi connectivity index (χ2n) is 12.5. The summed E-state index contributed by atoms with van der Waals surface area (Å²) in [5, 5.41) is 11.8. The summed E-state index contributed by atoms with van der Waals surface area (Å²) in [4.78, 5) is 26.3. The van der Waals surface area contributed by atoms with Crippen LogP contribution >= 0.6 is 0 Å². The monoisotopic (exact) mass is 539 g/mol. The van der Waals surface area contributed by atoms with Gasteiger partial charge in [0.1, 0.15) is 18.2 Å². The molecule has 0 amide bonds. The third-order valence-corrected chi connectivity index (χ3v) is 10.6. The predicted molar refractivity (Wildman–Crippen MR) is 142 cm³/mol. The topological polar surface area (TPSA) is 108 Å². The number of carbonyl (C=O) groups excluding carboxylic acids is 2. The summed E-state index contributed by atoms with van der Waals surface area (Å²) in [6.45, 7) is 5.95. The number of nitrogens with two attached hydrogens (primary N) is 1. The molecule has 3 N–H and O–H groups in total. The SMILES string of the molecule is CCC[C@@H]1O[C@@H]2C[C@H]3[C@@H]4CCC5=CC(=O)C=C[C@]5(C)[C@H]4[C@@H](O)C[C@]3(C)[C@]2(C(=O)COc2ccc(N)c(F)c2)O1. The van der Waals surface area contributed by atoms with Crippen molar-refractivity contribution in [3.05, 3.63) is 47.8 Å². The van der Waals surface area contributed by atoms with Gasteiger partial charge in [0, 0.05) is 22.8 Å². The molecular formula is C31H38FNO6. The number of hydrogen-bond donors (Lipinski definition) is 2. The minimum absolute atomic E-state index is 0.000704. The van der Waals surface area contributed by atoms with Gasteiger partial charge in [-0.2, -0.15) is 0 Å². The van der Waals surface area contributed by atoms with Gasteiger partial charge >= 0.3 is 0 Å². The number of ether oxygens (including phenoxy) is 3. The number of allylic oxidation sites excluding steroid dienone is 4. The summed E-state index contributed by atoms with van der Waals surface area (Å²) >= 11 is 0. The molecule has 1 saturated heterocycles. The number of Topliss-reactive ketones (excluding diaryl/α,β-unsaturated/α-hetero) is 1. The third-order valence-electron chi connectivity index (χ3n) is 10.6. The molecule has 4 fully saturated rings. The molecule has 0 unspecified atom stereocenters. The van der Waals surface area contributed by atoms with Gasteiger partial charge in [-0.25, -0.2) is 4.39 Å². The first-order chi connectivity index (χ1) is 18.5. The van der Waals surface area contributed by atoms with E-state index >= 15 is 0 Å². The molecule has 1 aromatic carbocycles. The Morgan fingerprint density at radius 2 is 2.10 bits per heavy atom. The van der Waals surface area contributed by atoms with Crippen LogP contribution in [0.3, 0.4) is 0 Å². The molecule has 1 aliphatic heterocycles. The molecule has 1 heterocycles. The molecule has 210 valence electrons. The maximum atomic E-state index is 14.2. The van der Waals surface area contributed by atoms with Crippen molar-refractivity contribution < 1.29 is 33.3 Å². The average Bonchev–Trinajstić information content (AvgIpc) is 3.37. The lowest BCUT2D eigenvalue weighted by molar-refractivity contribution is -0.200. The highest BCUT2D eigenvalue weighted by atomic mass is 19.1. The summed E-state index contributed by atoms with van der Waals surface area (Å²) < 4.78 is 32.9. The maximum Gasteiger partial charge on any atom is 0.205 e. The Bertz CT molecular complexity index is 1260. The average molecular weight is 540 g/mol. The van der Waals surface area contributed by atoms with Crippen LogP contribution in [0.4, 0.5) is 10.1 Å². The zero-order valence-electron chi connectivity index (χ0n) is 22.8. The van der Waals surface area contributed by atoms with Crippen molar-refractivity contribution in [3.8, 4) is 5.75 Å². The molecule has 0 aromatic heterocycles. The second-order valence-corrected chi connectivity index (χ2v) is 12.5. The number of hydrogen-bond acceptors (Lipinski definition) is 7. The van der Waals surface area contributed by atoms with Crippen molar-refractivity contribution >= 4 is 17.3 Å². The van der Waals surface area contributed by atoms with E-state index < -0.39 is 40.7 Å². The summed E-state index contributed by atoms with van der Waals surface area (Å²) in [5.41, 5.74) is 4.33. The quantitative estimate of drug-likeness (QED) is 0.512. The number of fused-ring (bicyclic) bond motifs is 7. The van der Waals surface area contributed by atoms with Crippen LogP contribution in [0.25, 0.3) is 0 Å². The van der Waals surface area contributed by atoms with Crippen LogP contribution in [0.2, 0.25) is 0 Å². The summed E-state index contributed by atoms with van der Waals surface area (Å²) in [6, 6.07) is 4.12. The van der Waals surface area contributed by atoms with Gasteiger partial charge in [0.2, 0.25) is 5.78 Å². The lowest BCUT2D eigenvalue weighted by Gasteiger charge is -2.59. The number of anilines is 1. The number of benzene rings is 1. The van der Waals surface area contributed by atoms with E-state index in [1.807, 2.05) is 13.0 Å². The van der Waals surface area contributed by atoms with Crippen molar-refractivity contribution in [2.75, 3.05) is 12.3 Å². The zero-order chi connectivity index (χ0) is 27.7. The summed E-state index contributed by atoms with van der Waals surface area (Å²) in [7, 11) is 0. The Morgan fingerprint density at radius 1 is 1.31 bits per heavy atom. The number of aliphatic hydroxyl groups is 1. The fourth-order valence-electron chi connectivity index (χ4n) is 8.86. The van der Waals surface area contributed by atoms with Crippen LogP contribution in [0.1, 0.15) is 59.3 Å². The summed E-state index contributed by atoms with van der Waals surface area (Å²) in [5.74, 6) is -0.476. The molecule has 6 rings (SSSR count). The van der Waals surface area contributed by atoms with Gasteiger partial charge < -0.3 is 25.1 Å². The van der Waals surface area contributed by atoms with E-state index in [1.54, 1.807) is 12.2 Å². The predicted octanol–water partition coefficient (Wildman–Crippen LogP) is 4.52. The van der Waals surface area contributed by atoms with E-state index in [2.05, 4.69) is 13.8 Å². The van der Waals surface area contributed by atoms with Crippen LogP contribution in [-0.4, -0.2) is 47.4 Å². The Morgan fingerprint density at radius 3 is 2.85 bits per heavy atom. The smallest absolute Gasteiger partial charge is 0.205 e. The number of nitrogen functional groups attached to an aromatic ring is 1. The highest BCUT2D eigenvalue weighted by Gasteiger charge is 2.75. The van der Waals surface area contributed by atoms with Crippen LogP contribution in [-0.2, 0) is 19.1 Å². The first-order valence-electron chi connectivity index (χ1n) is 14.2. The van der Waals surface area contributed by atoms with Crippen LogP contribution in [0.5, 0.6) is 5.75 Å². The standard InChI is InChI=1S/C31H38FNO6/c1-4-5-27-38-26-14-21-20-8-6-17-12-18(34)10-11-29(17,2)28(20)24(35)15-30(21,3)31(26,39-27)25(36)16-37-19-7-9-23(33)22(32)13-19/h7,9-13,20-21,24,26-28,35H,4-6,8,14-16,33H2,1-3H3/t20-,21-,24-,26+,27+,28+,29-,30-,31+/m0/s1. The van der Waals surface area contributed by atoms with Crippen LogP contribution in [0, 0.1) is 34.4 Å². The fourth-order valence-corrected chi connectivity index (χ4v) is 8.86. The van der Waals surface area contributed by atoms with Gasteiger partial charge in [-0.3, -0.25) is 9.59 Å². The number of carbonyl (C=O) groups is 2. The normalized spacial score (nSPS) is 42.3. The molecule has 3 saturated carbocycles. The number of halogens is 1. The molecular weight excluding hydrogens is 501 g/mol. The maximum absolute atomic E-state index is 14.2. The molecule has 0 radical (unpaired) electrons. The van der Waals surface area contributed by atoms with Crippen molar-refractivity contribution in [2.45, 2.75) is 83.4 Å². The van der Waals surface area contributed by atoms with Crippen molar-refractivity contribution in [3.63, 3.8) is 0 Å². The Kier molecular flexibility index (Phi) is 6.32. The molecule has 8 heteroatoms. The van der Waals surface area contributed by atoms with E-state index in [9.17, 15) is 19.1 Å². The molecule has 0 spiro atoms. The third kappa shape index (κ3) is 3.78. The van der Waals surface area contributed by atoms with E-state index in [-0.39, 0.29) is 47.4 Å². The van der Waals surface area contributed by atoms with E-state index in [0.29, 0.717) is 19.3 Å². The van der Waals surface area contributed by atoms with Gasteiger partial charge in [-0.15, -0.1) is 0 Å². The lowest BCUT2D eigenvalue weighted by Crippen LogP contribution is -2.63. The van der Waals surface area contributed by atoms with Gasteiger partial charge in [0.25, 0.3) is 0 Å². The Labute approximate surface area is 228 Å². The molecule has 4 aliphatic carbocycles. The van der Waals surface area contributed by atoms with Crippen molar-refractivity contribution in [1.29, 1.82) is 0 Å². The van der Waals surface area contributed by atoms with Gasteiger partial charge in [0.15, 0.2) is 17.7 Å². The molecule has 9 atom stereocenters. The van der Waals surface area contributed by atoms with Crippen molar-refractivity contribution in [1.82, 2.24) is 0 Å². The van der Waals surface area contributed by atoms with E-state index in [0.717, 1.165) is 24.8 Å². The van der Waals surface area contributed by atoms with E-state index in [4.69, 9.17) is 19.9 Å². The zero-order valence-corrected chi connectivity index (χ0v) is 22.8. The van der Waals surface area contributed by atoms with Gasteiger partial charge in [-0.1, -0.05) is 38.8 Å². The molecule has 7 nitrogen and oxygen atoms in total. The minimum Gasteiger partial charge on any atom is -0.486 e. The largest absolute Gasteiger partial charge is 0.486 e. The first-order valence-corrected chi connectivity index (χ1v) is 14.2.